The van der Waals surface area contributed by atoms with Crippen molar-refractivity contribution in [2.45, 2.75) is 110 Å². The van der Waals surface area contributed by atoms with Crippen molar-refractivity contribution in [2.24, 2.45) is 23.7 Å². The maximum Gasteiger partial charge on any atom is 0.0655 e. The molecule has 0 radical (unpaired) electrons. The second-order valence-electron chi connectivity index (χ2n) is 8.86. The average molecular weight is 344 g/mol. The van der Waals surface area contributed by atoms with Gasteiger partial charge in [0, 0.05) is 5.92 Å². The van der Waals surface area contributed by atoms with Crippen LogP contribution in [0.25, 0.3) is 0 Å². The summed E-state index contributed by atoms with van der Waals surface area (Å²) < 4.78 is 0. The van der Waals surface area contributed by atoms with Crippen LogP contribution in [-0.4, -0.2) is 0 Å². The number of nitrogens with zero attached hydrogens (tertiary/aromatic N) is 1. The molecule has 0 aromatic carbocycles. The lowest BCUT2D eigenvalue weighted by molar-refractivity contribution is 0.223. The third-order valence-corrected chi connectivity index (χ3v) is 6.86. The molecular weight excluding hydrogens is 302 g/mol. The summed E-state index contributed by atoms with van der Waals surface area (Å²) in [4.78, 5) is 0. The van der Waals surface area contributed by atoms with Gasteiger partial charge in [0.1, 0.15) is 0 Å². The van der Waals surface area contributed by atoms with Gasteiger partial charge in [0.15, 0.2) is 0 Å². The van der Waals surface area contributed by atoms with Gasteiger partial charge >= 0.3 is 0 Å². The van der Waals surface area contributed by atoms with Crippen molar-refractivity contribution in [3.05, 3.63) is 12.2 Å². The monoisotopic (exact) mass is 343 g/mol. The first-order chi connectivity index (χ1) is 12.3. The maximum atomic E-state index is 9.01. The van der Waals surface area contributed by atoms with Gasteiger partial charge in [-0.25, -0.2) is 0 Å². The molecule has 2 saturated carbocycles. The molecule has 1 nitrogen and oxygen atoms in total. The van der Waals surface area contributed by atoms with Gasteiger partial charge in [-0.1, -0.05) is 70.4 Å². The van der Waals surface area contributed by atoms with Crippen LogP contribution in [0.4, 0.5) is 0 Å². The van der Waals surface area contributed by atoms with E-state index in [0.717, 1.165) is 17.8 Å². The van der Waals surface area contributed by atoms with Crippen LogP contribution in [0.2, 0.25) is 0 Å². The van der Waals surface area contributed by atoms with Gasteiger partial charge in [0.25, 0.3) is 0 Å². The van der Waals surface area contributed by atoms with Gasteiger partial charge in [0.05, 0.1) is 6.07 Å². The summed E-state index contributed by atoms with van der Waals surface area (Å²) >= 11 is 0. The highest BCUT2D eigenvalue weighted by Crippen LogP contribution is 2.37. The Labute approximate surface area is 157 Å². The Morgan fingerprint density at radius 2 is 1.24 bits per heavy atom. The SMILES string of the molecule is CCCCC/C=C/CCC1CCC(CCC2CCC(C#N)CC2)CC1. The Morgan fingerprint density at radius 3 is 1.80 bits per heavy atom. The van der Waals surface area contributed by atoms with Gasteiger partial charge in [-0.05, 0) is 69.1 Å². The van der Waals surface area contributed by atoms with E-state index in [2.05, 4.69) is 25.1 Å². The molecule has 0 N–H and O–H groups in total. The molecule has 0 bridgehead atoms. The largest absolute Gasteiger partial charge is 0.198 e. The summed E-state index contributed by atoms with van der Waals surface area (Å²) in [7, 11) is 0. The summed E-state index contributed by atoms with van der Waals surface area (Å²) in [6.45, 7) is 2.28. The average Bonchev–Trinajstić information content (AvgIpc) is 2.67. The van der Waals surface area contributed by atoms with Crippen LogP contribution in [0.5, 0.6) is 0 Å². The van der Waals surface area contributed by atoms with E-state index < -0.39 is 0 Å². The Bertz CT molecular complexity index is 389. The van der Waals surface area contributed by atoms with E-state index in [0.29, 0.717) is 5.92 Å². The molecule has 0 spiro atoms. The zero-order valence-corrected chi connectivity index (χ0v) is 16.7. The fourth-order valence-electron chi connectivity index (χ4n) is 4.94. The zero-order chi connectivity index (χ0) is 17.7. The van der Waals surface area contributed by atoms with Gasteiger partial charge in [-0.2, -0.15) is 5.26 Å². The number of allylic oxidation sites excluding steroid dienone is 2. The first-order valence-electron chi connectivity index (χ1n) is 11.4. The van der Waals surface area contributed by atoms with E-state index in [1.165, 1.54) is 103 Å². The molecule has 25 heavy (non-hydrogen) atoms. The molecule has 142 valence electrons. The molecule has 2 rings (SSSR count). The Morgan fingerprint density at radius 1 is 0.720 bits per heavy atom. The summed E-state index contributed by atoms with van der Waals surface area (Å²) in [5, 5.41) is 9.01. The molecular formula is C24H41N. The highest BCUT2D eigenvalue weighted by Gasteiger charge is 2.24. The lowest BCUT2D eigenvalue weighted by Gasteiger charge is -2.30. The van der Waals surface area contributed by atoms with Gasteiger partial charge in [-0.15, -0.1) is 0 Å². The second-order valence-corrected chi connectivity index (χ2v) is 8.86. The molecule has 0 unspecified atom stereocenters. The molecule has 2 fully saturated rings. The third kappa shape index (κ3) is 8.44. The van der Waals surface area contributed by atoms with Crippen LogP contribution in [-0.2, 0) is 0 Å². The van der Waals surface area contributed by atoms with E-state index in [4.69, 9.17) is 5.26 Å². The minimum atomic E-state index is 0.368. The van der Waals surface area contributed by atoms with Crippen molar-refractivity contribution in [2.75, 3.05) is 0 Å². The number of hydrogen-bond acceptors (Lipinski definition) is 1. The number of hydrogen-bond donors (Lipinski definition) is 0. The summed E-state index contributed by atoms with van der Waals surface area (Å²) in [6, 6.07) is 2.46. The summed E-state index contributed by atoms with van der Waals surface area (Å²) in [6.07, 6.45) is 26.8. The zero-order valence-electron chi connectivity index (χ0n) is 16.7. The third-order valence-electron chi connectivity index (χ3n) is 6.86. The topological polar surface area (TPSA) is 23.8 Å². The van der Waals surface area contributed by atoms with Gasteiger partial charge in [-0.3, -0.25) is 0 Å². The first-order valence-corrected chi connectivity index (χ1v) is 11.4. The van der Waals surface area contributed by atoms with Crippen LogP contribution in [0.1, 0.15) is 110 Å². The molecule has 0 amide bonds. The molecule has 2 aliphatic carbocycles. The Balaban J connectivity index is 1.48. The maximum absolute atomic E-state index is 9.01. The van der Waals surface area contributed by atoms with Crippen molar-refractivity contribution in [3.8, 4) is 6.07 Å². The molecule has 1 heteroatoms. The smallest absolute Gasteiger partial charge is 0.0655 e. The van der Waals surface area contributed by atoms with Crippen LogP contribution in [0, 0.1) is 35.0 Å². The normalized spacial score (nSPS) is 30.4. The van der Waals surface area contributed by atoms with Crippen molar-refractivity contribution >= 4 is 0 Å². The van der Waals surface area contributed by atoms with E-state index in [9.17, 15) is 0 Å². The standard InChI is InChI=1S/C24H41N/c1-2-3-4-5-6-7-8-9-21-10-12-22(13-11-21)14-15-23-16-18-24(20-25)19-17-23/h6-7,21-24H,2-5,8-19H2,1H3/b7-6+. The molecule has 0 saturated heterocycles. The number of nitriles is 1. The van der Waals surface area contributed by atoms with E-state index in [1.807, 2.05) is 0 Å². The molecule has 0 aromatic rings. The molecule has 0 aromatic heterocycles. The van der Waals surface area contributed by atoms with Crippen molar-refractivity contribution in [1.29, 1.82) is 5.26 Å². The fraction of sp³-hybridized carbons (Fsp3) is 0.875. The lowest BCUT2D eigenvalue weighted by atomic mass is 9.75. The number of unbranched alkanes of at least 4 members (excludes halogenated alkanes) is 3. The number of rotatable bonds is 10. The molecule has 0 aliphatic heterocycles. The van der Waals surface area contributed by atoms with Crippen molar-refractivity contribution < 1.29 is 0 Å². The highest BCUT2D eigenvalue weighted by molar-refractivity contribution is 4.87. The van der Waals surface area contributed by atoms with Gasteiger partial charge in [0.2, 0.25) is 0 Å². The predicted molar refractivity (Wildman–Crippen MR) is 108 cm³/mol. The molecule has 2 aliphatic rings. The first kappa shape index (κ1) is 20.5. The van der Waals surface area contributed by atoms with Crippen LogP contribution >= 0.6 is 0 Å². The van der Waals surface area contributed by atoms with Crippen molar-refractivity contribution in [3.63, 3.8) is 0 Å². The minimum Gasteiger partial charge on any atom is -0.198 e. The second kappa shape index (κ2) is 12.6. The van der Waals surface area contributed by atoms with E-state index in [1.54, 1.807) is 0 Å². The predicted octanol–water partition coefficient (Wildman–Crippen LogP) is 7.82. The van der Waals surface area contributed by atoms with Crippen molar-refractivity contribution in [1.82, 2.24) is 0 Å². The Hall–Kier alpha value is -0.770. The van der Waals surface area contributed by atoms with E-state index in [-0.39, 0.29) is 0 Å². The minimum absolute atomic E-state index is 0.368. The van der Waals surface area contributed by atoms with Gasteiger partial charge < -0.3 is 0 Å². The van der Waals surface area contributed by atoms with Crippen LogP contribution < -0.4 is 0 Å². The lowest BCUT2D eigenvalue weighted by Crippen LogP contribution is -2.17. The summed E-state index contributed by atoms with van der Waals surface area (Å²) in [5.41, 5.74) is 0. The fourth-order valence-corrected chi connectivity index (χ4v) is 4.94. The van der Waals surface area contributed by atoms with Crippen LogP contribution in [0.15, 0.2) is 12.2 Å². The van der Waals surface area contributed by atoms with E-state index >= 15 is 0 Å². The quantitative estimate of drug-likeness (QED) is 0.293. The summed E-state index contributed by atoms with van der Waals surface area (Å²) in [5.74, 6) is 3.31. The Kier molecular flexibility index (Phi) is 10.3. The molecule has 0 atom stereocenters. The molecule has 0 heterocycles. The highest BCUT2D eigenvalue weighted by atomic mass is 14.3. The van der Waals surface area contributed by atoms with Crippen LogP contribution in [0.3, 0.4) is 0 Å².